The molecule has 0 bridgehead atoms. The van der Waals surface area contributed by atoms with E-state index < -0.39 is 6.10 Å². The number of para-hydroxylation sites is 1. The van der Waals surface area contributed by atoms with Crippen molar-refractivity contribution in [2.45, 2.75) is 40.2 Å². The van der Waals surface area contributed by atoms with Crippen LogP contribution in [0, 0.1) is 20.8 Å². The van der Waals surface area contributed by atoms with Crippen LogP contribution in [0.1, 0.15) is 42.0 Å². The van der Waals surface area contributed by atoms with Crippen molar-refractivity contribution in [2.24, 2.45) is 0 Å². The fourth-order valence-electron chi connectivity index (χ4n) is 2.14. The normalized spacial score (nSPS) is 12.7. The summed E-state index contributed by atoms with van der Waals surface area (Å²) in [5, 5.41) is 14.7. The van der Waals surface area contributed by atoms with E-state index >= 15 is 0 Å². The van der Waals surface area contributed by atoms with Crippen LogP contribution in [0.4, 0.5) is 0 Å². The van der Waals surface area contributed by atoms with Crippen LogP contribution in [0.15, 0.2) is 24.3 Å². The molecule has 0 spiro atoms. The van der Waals surface area contributed by atoms with Gasteiger partial charge in [0.05, 0.1) is 17.5 Å². The zero-order chi connectivity index (χ0) is 13.3. The molecule has 0 radical (unpaired) electrons. The number of nitrogens with zero attached hydrogens (tertiary/aromatic N) is 2. The second-order valence-electron chi connectivity index (χ2n) is 4.69. The van der Waals surface area contributed by atoms with Gasteiger partial charge >= 0.3 is 0 Å². The monoisotopic (exact) mass is 244 g/mol. The lowest BCUT2D eigenvalue weighted by Crippen LogP contribution is -2.06. The first kappa shape index (κ1) is 12.8. The Morgan fingerprint density at radius 1 is 1.22 bits per heavy atom. The van der Waals surface area contributed by atoms with Crippen molar-refractivity contribution in [1.82, 2.24) is 9.78 Å². The van der Waals surface area contributed by atoms with E-state index in [-0.39, 0.29) is 0 Å². The first-order valence-corrected chi connectivity index (χ1v) is 6.36. The van der Waals surface area contributed by atoms with E-state index in [1.807, 2.05) is 42.8 Å². The van der Waals surface area contributed by atoms with Crippen molar-refractivity contribution in [3.8, 4) is 5.69 Å². The average molecular weight is 244 g/mol. The molecule has 1 unspecified atom stereocenters. The van der Waals surface area contributed by atoms with Gasteiger partial charge in [-0.2, -0.15) is 5.10 Å². The lowest BCUT2D eigenvalue weighted by molar-refractivity contribution is 0.173. The van der Waals surface area contributed by atoms with E-state index in [4.69, 9.17) is 0 Å². The number of rotatable bonds is 3. The van der Waals surface area contributed by atoms with E-state index in [2.05, 4.69) is 18.9 Å². The quantitative estimate of drug-likeness (QED) is 0.900. The first-order valence-electron chi connectivity index (χ1n) is 6.36. The van der Waals surface area contributed by atoms with Gasteiger partial charge in [0.25, 0.3) is 0 Å². The molecule has 18 heavy (non-hydrogen) atoms. The molecular weight excluding hydrogens is 224 g/mol. The predicted octanol–water partition coefficient (Wildman–Crippen LogP) is 3.24. The van der Waals surface area contributed by atoms with Gasteiger partial charge in [-0.05, 0) is 38.8 Å². The van der Waals surface area contributed by atoms with Crippen molar-refractivity contribution in [2.75, 3.05) is 0 Å². The second kappa shape index (κ2) is 4.94. The van der Waals surface area contributed by atoms with Crippen molar-refractivity contribution in [3.63, 3.8) is 0 Å². The van der Waals surface area contributed by atoms with Gasteiger partial charge in [-0.15, -0.1) is 0 Å². The Morgan fingerprint density at radius 2 is 1.89 bits per heavy atom. The molecule has 2 aromatic rings. The zero-order valence-corrected chi connectivity index (χ0v) is 11.4. The maximum absolute atomic E-state index is 10.1. The lowest BCUT2D eigenvalue weighted by Gasteiger charge is -2.15. The summed E-state index contributed by atoms with van der Waals surface area (Å²) in [5.74, 6) is 0. The number of aliphatic hydroxyl groups is 1. The molecule has 2 rings (SSSR count). The number of benzene rings is 1. The van der Waals surface area contributed by atoms with Gasteiger partial charge in [0.15, 0.2) is 0 Å². The maximum Gasteiger partial charge on any atom is 0.0808 e. The van der Waals surface area contributed by atoms with Crippen molar-refractivity contribution >= 4 is 0 Å². The summed E-state index contributed by atoms with van der Waals surface area (Å²) >= 11 is 0. The number of hydrogen-bond donors (Lipinski definition) is 1. The Kier molecular flexibility index (Phi) is 3.53. The van der Waals surface area contributed by atoms with Crippen molar-refractivity contribution < 1.29 is 5.11 Å². The molecule has 96 valence electrons. The summed E-state index contributed by atoms with van der Waals surface area (Å²) < 4.78 is 1.93. The van der Waals surface area contributed by atoms with Gasteiger partial charge in [-0.25, -0.2) is 4.68 Å². The summed E-state index contributed by atoms with van der Waals surface area (Å²) in [6.07, 6.45) is 0.264. The number of aryl methyl sites for hydroxylation is 1. The molecule has 3 heteroatoms. The molecular formula is C15H20N2O. The predicted molar refractivity (Wildman–Crippen MR) is 73.0 cm³/mol. The fourth-order valence-corrected chi connectivity index (χ4v) is 2.14. The second-order valence-corrected chi connectivity index (χ2v) is 4.69. The van der Waals surface area contributed by atoms with Crippen molar-refractivity contribution in [1.29, 1.82) is 0 Å². The Morgan fingerprint density at radius 3 is 2.44 bits per heavy atom. The van der Waals surface area contributed by atoms with Gasteiger partial charge in [0.1, 0.15) is 0 Å². The van der Waals surface area contributed by atoms with Crippen LogP contribution in [0.2, 0.25) is 0 Å². The molecule has 1 heterocycles. The van der Waals surface area contributed by atoms with Crippen molar-refractivity contribution in [3.05, 3.63) is 46.8 Å². The van der Waals surface area contributed by atoms with Gasteiger partial charge in [0, 0.05) is 11.3 Å². The Labute approximate surface area is 108 Å². The molecule has 0 amide bonds. The van der Waals surface area contributed by atoms with Crippen LogP contribution in [-0.4, -0.2) is 14.9 Å². The van der Waals surface area contributed by atoms with E-state index in [1.165, 1.54) is 5.56 Å². The van der Waals surface area contributed by atoms with Gasteiger partial charge in [-0.3, -0.25) is 0 Å². The maximum atomic E-state index is 10.1. The number of hydrogen-bond acceptors (Lipinski definition) is 2. The SMILES string of the molecule is CCC(O)c1ccccc1-n1nc(C)c(C)c1C. The van der Waals surface area contributed by atoms with Crippen LogP contribution < -0.4 is 0 Å². The molecule has 1 N–H and O–H groups in total. The van der Waals surface area contributed by atoms with Gasteiger partial charge < -0.3 is 5.11 Å². The molecule has 0 saturated heterocycles. The third-order valence-electron chi connectivity index (χ3n) is 3.56. The summed E-state index contributed by atoms with van der Waals surface area (Å²) in [6.45, 7) is 8.13. The first-order chi connectivity index (χ1) is 8.56. The highest BCUT2D eigenvalue weighted by Crippen LogP contribution is 2.25. The van der Waals surface area contributed by atoms with E-state index in [9.17, 15) is 5.11 Å². The summed E-state index contributed by atoms with van der Waals surface area (Å²) in [6, 6.07) is 7.91. The summed E-state index contributed by atoms with van der Waals surface area (Å²) in [4.78, 5) is 0. The molecule has 1 aromatic carbocycles. The minimum absolute atomic E-state index is 0.439. The van der Waals surface area contributed by atoms with Gasteiger partial charge in [0.2, 0.25) is 0 Å². The molecule has 3 nitrogen and oxygen atoms in total. The third kappa shape index (κ3) is 2.06. The minimum atomic E-state index is -0.439. The molecule has 0 aliphatic rings. The fraction of sp³-hybridized carbons (Fsp3) is 0.400. The highest BCUT2D eigenvalue weighted by Gasteiger charge is 2.15. The van der Waals surface area contributed by atoms with Crippen LogP contribution >= 0.6 is 0 Å². The minimum Gasteiger partial charge on any atom is -0.388 e. The van der Waals surface area contributed by atoms with Crippen LogP contribution in [0.3, 0.4) is 0 Å². The lowest BCUT2D eigenvalue weighted by atomic mass is 10.0. The largest absolute Gasteiger partial charge is 0.388 e. The standard InChI is InChI=1S/C15H20N2O/c1-5-15(18)13-8-6-7-9-14(13)17-12(4)10(2)11(3)16-17/h6-9,15,18H,5H2,1-4H3. The third-order valence-corrected chi connectivity index (χ3v) is 3.56. The van der Waals surface area contributed by atoms with Gasteiger partial charge in [-0.1, -0.05) is 25.1 Å². The highest BCUT2D eigenvalue weighted by molar-refractivity contribution is 5.44. The van der Waals surface area contributed by atoms with Crippen LogP contribution in [0.5, 0.6) is 0 Å². The summed E-state index contributed by atoms with van der Waals surface area (Å²) in [5.41, 5.74) is 5.28. The highest BCUT2D eigenvalue weighted by atomic mass is 16.3. The topological polar surface area (TPSA) is 38.0 Å². The van der Waals surface area contributed by atoms with E-state index in [0.717, 1.165) is 22.6 Å². The molecule has 0 aliphatic carbocycles. The molecule has 1 aromatic heterocycles. The van der Waals surface area contributed by atoms with E-state index in [1.54, 1.807) is 0 Å². The van der Waals surface area contributed by atoms with Crippen LogP contribution in [0.25, 0.3) is 5.69 Å². The number of aromatic nitrogens is 2. The number of aliphatic hydroxyl groups excluding tert-OH is 1. The molecule has 0 saturated carbocycles. The average Bonchev–Trinajstić information content (AvgIpc) is 2.65. The Balaban J connectivity index is 2.60. The summed E-state index contributed by atoms with van der Waals surface area (Å²) in [7, 11) is 0. The van der Waals surface area contributed by atoms with E-state index in [0.29, 0.717) is 6.42 Å². The zero-order valence-electron chi connectivity index (χ0n) is 11.4. The Bertz CT molecular complexity index is 558. The van der Waals surface area contributed by atoms with Crippen LogP contribution in [-0.2, 0) is 0 Å². The molecule has 1 atom stereocenters. The Hall–Kier alpha value is -1.61. The molecule has 0 fully saturated rings. The smallest absolute Gasteiger partial charge is 0.0808 e. The molecule has 0 aliphatic heterocycles.